The van der Waals surface area contributed by atoms with Gasteiger partial charge in [0.25, 0.3) is 5.91 Å². The molecule has 0 spiro atoms. The van der Waals surface area contributed by atoms with Gasteiger partial charge < -0.3 is 20.7 Å². The number of ether oxygens (including phenoxy) is 1. The summed E-state index contributed by atoms with van der Waals surface area (Å²) in [5, 5.41) is 8.80. The van der Waals surface area contributed by atoms with E-state index in [1.54, 1.807) is 30.3 Å². The van der Waals surface area contributed by atoms with E-state index in [0.717, 1.165) is 18.6 Å². The number of anilines is 2. The van der Waals surface area contributed by atoms with Crippen LogP contribution in [0.2, 0.25) is 0 Å². The summed E-state index contributed by atoms with van der Waals surface area (Å²) in [5.74, 6) is 0.365. The van der Waals surface area contributed by atoms with Crippen LogP contribution in [-0.4, -0.2) is 23.5 Å². The Balaban J connectivity index is 1.69. The number of hydrogen-bond donors (Lipinski definition) is 3. The van der Waals surface area contributed by atoms with Crippen molar-refractivity contribution in [1.29, 1.82) is 0 Å². The minimum absolute atomic E-state index is 0.107. The minimum Gasteiger partial charge on any atom is -0.494 e. The van der Waals surface area contributed by atoms with Gasteiger partial charge in [0, 0.05) is 12.1 Å². The molecular weight excluding hydrogens is 482 g/mol. The normalized spacial score (nSPS) is 10.5. The van der Waals surface area contributed by atoms with Crippen molar-refractivity contribution in [2.45, 2.75) is 90.9 Å². The average molecular weight is 526 g/mol. The molecule has 0 aromatic heterocycles. The lowest BCUT2D eigenvalue weighted by Crippen LogP contribution is -2.34. The van der Waals surface area contributed by atoms with Crippen molar-refractivity contribution < 1.29 is 14.3 Å². The predicted molar refractivity (Wildman–Crippen MR) is 157 cm³/mol. The Morgan fingerprint density at radius 3 is 1.97 bits per heavy atom. The smallest absolute Gasteiger partial charge is 0.257 e. The lowest BCUT2D eigenvalue weighted by Gasteiger charge is -2.14. The molecule has 0 unspecified atom stereocenters. The molecule has 0 radical (unpaired) electrons. The Hall–Kier alpha value is -2.93. The number of amides is 2. The molecule has 6 nitrogen and oxygen atoms in total. The quantitative estimate of drug-likeness (QED) is 0.145. The van der Waals surface area contributed by atoms with Crippen LogP contribution in [0.15, 0.2) is 48.5 Å². The van der Waals surface area contributed by atoms with E-state index in [1.807, 2.05) is 25.1 Å². The minimum atomic E-state index is -0.276. The van der Waals surface area contributed by atoms with E-state index in [1.165, 1.54) is 57.8 Å². The zero-order valence-corrected chi connectivity index (χ0v) is 23.3. The van der Waals surface area contributed by atoms with Crippen molar-refractivity contribution in [3.63, 3.8) is 0 Å². The Kier molecular flexibility index (Phi) is 15.0. The van der Waals surface area contributed by atoms with Crippen LogP contribution in [0.1, 0.15) is 101 Å². The van der Waals surface area contributed by atoms with Crippen LogP contribution in [0.4, 0.5) is 11.4 Å². The first-order valence-corrected chi connectivity index (χ1v) is 14.2. The van der Waals surface area contributed by atoms with Crippen LogP contribution >= 0.6 is 12.2 Å². The highest BCUT2D eigenvalue weighted by Crippen LogP contribution is 2.20. The number of hydrogen-bond acceptors (Lipinski definition) is 4. The first-order chi connectivity index (χ1) is 18.0. The fourth-order valence-corrected chi connectivity index (χ4v) is 4.31. The lowest BCUT2D eigenvalue weighted by molar-refractivity contribution is -0.119. The second-order valence-corrected chi connectivity index (χ2v) is 9.65. The summed E-state index contributed by atoms with van der Waals surface area (Å²) in [6.45, 7) is 4.75. The number of rotatable bonds is 17. The van der Waals surface area contributed by atoms with Gasteiger partial charge in [-0.3, -0.25) is 9.59 Å². The molecular formula is C30H43N3O3S. The zero-order valence-electron chi connectivity index (χ0n) is 22.4. The third kappa shape index (κ3) is 12.7. The Morgan fingerprint density at radius 1 is 0.757 bits per heavy atom. The Bertz CT molecular complexity index is 963. The lowest BCUT2D eigenvalue weighted by atomic mass is 10.1. The first-order valence-electron chi connectivity index (χ1n) is 13.8. The fourth-order valence-electron chi connectivity index (χ4n) is 4.08. The monoisotopic (exact) mass is 525 g/mol. The maximum absolute atomic E-state index is 12.9. The van der Waals surface area contributed by atoms with Gasteiger partial charge in [-0.25, -0.2) is 0 Å². The van der Waals surface area contributed by atoms with Crippen LogP contribution < -0.4 is 20.7 Å². The molecule has 0 aliphatic heterocycles. The molecule has 0 fully saturated rings. The van der Waals surface area contributed by atoms with Gasteiger partial charge in [0.1, 0.15) is 5.75 Å². The molecule has 0 aliphatic rings. The van der Waals surface area contributed by atoms with Gasteiger partial charge in [0.15, 0.2) is 5.11 Å². The number of thiocarbonyl (C=S) groups is 1. The molecule has 2 aromatic rings. The van der Waals surface area contributed by atoms with Crippen LogP contribution in [0.3, 0.4) is 0 Å². The highest BCUT2D eigenvalue weighted by molar-refractivity contribution is 7.80. The average Bonchev–Trinajstić information content (AvgIpc) is 2.88. The molecule has 37 heavy (non-hydrogen) atoms. The van der Waals surface area contributed by atoms with E-state index in [4.69, 9.17) is 17.0 Å². The van der Waals surface area contributed by atoms with Crippen molar-refractivity contribution in [3.8, 4) is 5.75 Å². The van der Waals surface area contributed by atoms with Crippen LogP contribution in [-0.2, 0) is 4.79 Å². The topological polar surface area (TPSA) is 79.5 Å². The number of nitrogens with one attached hydrogen (secondary N) is 3. The SMILES string of the molecule is CCCCCCCCCCCCCC(=O)NC(=S)Nc1ccccc1C(=O)Nc1ccc(OCC)cc1. The molecule has 2 amide bonds. The summed E-state index contributed by atoms with van der Waals surface area (Å²) in [5.41, 5.74) is 1.62. The predicted octanol–water partition coefficient (Wildman–Crippen LogP) is 7.85. The molecule has 0 aliphatic carbocycles. The van der Waals surface area contributed by atoms with Crippen LogP contribution in [0, 0.1) is 0 Å². The molecule has 3 N–H and O–H groups in total. The molecule has 7 heteroatoms. The van der Waals surface area contributed by atoms with Gasteiger partial charge >= 0.3 is 0 Å². The third-order valence-electron chi connectivity index (χ3n) is 6.10. The number of benzene rings is 2. The maximum Gasteiger partial charge on any atom is 0.257 e. The third-order valence-corrected chi connectivity index (χ3v) is 6.31. The summed E-state index contributed by atoms with van der Waals surface area (Å²) in [6, 6.07) is 14.3. The summed E-state index contributed by atoms with van der Waals surface area (Å²) in [7, 11) is 0. The van der Waals surface area contributed by atoms with Gasteiger partial charge in [-0.1, -0.05) is 83.3 Å². The highest BCUT2D eigenvalue weighted by Gasteiger charge is 2.13. The van der Waals surface area contributed by atoms with E-state index in [2.05, 4.69) is 22.9 Å². The van der Waals surface area contributed by atoms with Gasteiger partial charge in [0.2, 0.25) is 5.91 Å². The second kappa shape index (κ2) is 18.3. The maximum atomic E-state index is 12.9. The largest absolute Gasteiger partial charge is 0.494 e. The van der Waals surface area contributed by atoms with Crippen molar-refractivity contribution in [2.24, 2.45) is 0 Å². The number of carbonyl (C=O) groups is 2. The first kappa shape index (κ1) is 30.3. The van der Waals surface area contributed by atoms with E-state index in [0.29, 0.717) is 30.0 Å². The number of carbonyl (C=O) groups excluding carboxylic acids is 2. The fraction of sp³-hybridized carbons (Fsp3) is 0.500. The number of unbranched alkanes of at least 4 members (excludes halogenated alkanes) is 10. The van der Waals surface area contributed by atoms with Gasteiger partial charge in [0.05, 0.1) is 17.9 Å². The van der Waals surface area contributed by atoms with Crippen molar-refractivity contribution in [2.75, 3.05) is 17.2 Å². The summed E-state index contributed by atoms with van der Waals surface area (Å²) >= 11 is 5.33. The summed E-state index contributed by atoms with van der Waals surface area (Å²) in [4.78, 5) is 25.2. The van der Waals surface area contributed by atoms with Crippen LogP contribution in [0.5, 0.6) is 5.75 Å². The molecule has 2 aromatic carbocycles. The molecule has 0 atom stereocenters. The van der Waals surface area contributed by atoms with Crippen molar-refractivity contribution in [3.05, 3.63) is 54.1 Å². The zero-order chi connectivity index (χ0) is 26.7. The second-order valence-electron chi connectivity index (χ2n) is 9.24. The van der Waals surface area contributed by atoms with Gasteiger partial charge in [-0.2, -0.15) is 0 Å². The Labute approximate surface area is 228 Å². The highest BCUT2D eigenvalue weighted by atomic mass is 32.1. The summed E-state index contributed by atoms with van der Waals surface area (Å²) in [6.07, 6.45) is 14.1. The molecule has 0 bridgehead atoms. The molecule has 0 heterocycles. The standard InChI is InChI=1S/C30H43N3O3S/c1-3-5-6-7-8-9-10-11-12-13-14-19-28(34)33-30(37)32-27-18-16-15-17-26(27)29(35)31-24-20-22-25(23-21-24)36-4-2/h15-18,20-23H,3-14,19H2,1-2H3,(H,31,35)(H2,32,33,34,37). The Morgan fingerprint density at radius 2 is 1.35 bits per heavy atom. The van der Waals surface area contributed by atoms with Gasteiger partial charge in [-0.05, 0) is 62.0 Å². The van der Waals surface area contributed by atoms with E-state index in [9.17, 15) is 9.59 Å². The van der Waals surface area contributed by atoms with E-state index < -0.39 is 0 Å². The van der Waals surface area contributed by atoms with Crippen molar-refractivity contribution in [1.82, 2.24) is 5.32 Å². The molecule has 202 valence electrons. The van der Waals surface area contributed by atoms with E-state index in [-0.39, 0.29) is 16.9 Å². The van der Waals surface area contributed by atoms with Gasteiger partial charge in [-0.15, -0.1) is 0 Å². The number of para-hydroxylation sites is 1. The van der Waals surface area contributed by atoms with Crippen LogP contribution in [0.25, 0.3) is 0 Å². The molecule has 0 saturated heterocycles. The van der Waals surface area contributed by atoms with E-state index >= 15 is 0 Å². The molecule has 2 rings (SSSR count). The molecule has 0 saturated carbocycles. The summed E-state index contributed by atoms with van der Waals surface area (Å²) < 4.78 is 5.44. The van der Waals surface area contributed by atoms with Crippen molar-refractivity contribution >= 4 is 40.5 Å².